The molecule has 28 heavy (non-hydrogen) atoms. The molecule has 0 unspecified atom stereocenters. The van der Waals surface area contributed by atoms with Gasteiger partial charge in [-0.2, -0.15) is 10.2 Å². The van der Waals surface area contributed by atoms with Crippen molar-refractivity contribution in [2.24, 2.45) is 14.1 Å². The first kappa shape index (κ1) is 18.8. The average Bonchev–Trinajstić information content (AvgIpc) is 3.24. The maximum atomic E-state index is 12.9. The van der Waals surface area contributed by atoms with Gasteiger partial charge in [-0.05, 0) is 38.1 Å². The molecular weight excluding hydrogens is 380 g/mol. The molecule has 3 heterocycles. The third kappa shape index (κ3) is 3.22. The number of fused-ring (bicyclic) bond motifs is 1. The number of sulfonamides is 1. The summed E-state index contributed by atoms with van der Waals surface area (Å²) in [6, 6.07) is 3.79. The molecule has 0 aliphatic carbocycles. The first-order valence-electron chi connectivity index (χ1n) is 9.16. The maximum absolute atomic E-state index is 12.9. The van der Waals surface area contributed by atoms with Crippen LogP contribution >= 0.6 is 0 Å². The lowest BCUT2D eigenvalue weighted by molar-refractivity contribution is 0.417. The monoisotopic (exact) mass is 404 g/mol. The van der Waals surface area contributed by atoms with Crippen LogP contribution in [0.15, 0.2) is 24.5 Å². The van der Waals surface area contributed by atoms with E-state index < -0.39 is 15.3 Å². The zero-order valence-corrected chi connectivity index (χ0v) is 17.0. The predicted octanol–water partition coefficient (Wildman–Crippen LogP) is 1.48. The van der Waals surface area contributed by atoms with Gasteiger partial charge in [-0.25, -0.2) is 8.42 Å². The van der Waals surface area contributed by atoms with Gasteiger partial charge in [-0.3, -0.25) is 14.1 Å². The molecule has 0 amide bonds. The van der Waals surface area contributed by atoms with Gasteiger partial charge in [-0.15, -0.1) is 0 Å². The number of aromatic nitrogens is 4. The van der Waals surface area contributed by atoms with Crippen molar-refractivity contribution >= 4 is 26.7 Å². The Labute approximate surface area is 163 Å². The number of aryl methyl sites for hydroxylation is 2. The highest BCUT2D eigenvalue weighted by Gasteiger charge is 2.30. The van der Waals surface area contributed by atoms with Crippen molar-refractivity contribution in [1.29, 1.82) is 0 Å². The van der Waals surface area contributed by atoms with Crippen molar-refractivity contribution in [3.05, 3.63) is 24.5 Å². The quantitative estimate of drug-likeness (QED) is 0.668. The van der Waals surface area contributed by atoms with Crippen molar-refractivity contribution in [3.8, 4) is 16.9 Å². The number of hydrogen-bond donors (Lipinski definition) is 2. The van der Waals surface area contributed by atoms with Crippen LogP contribution in [0.5, 0.6) is 5.75 Å². The lowest BCUT2D eigenvalue weighted by Crippen LogP contribution is -2.38. The Morgan fingerprint density at radius 1 is 1.25 bits per heavy atom. The molecule has 1 aliphatic rings. The zero-order chi connectivity index (χ0) is 19.9. The number of ether oxygens (including phenoxy) is 1. The molecule has 4 rings (SSSR count). The summed E-state index contributed by atoms with van der Waals surface area (Å²) < 4.78 is 37.6. The molecular formula is C18H24N6O3S. The Kier molecular flexibility index (Phi) is 4.76. The Morgan fingerprint density at radius 2 is 2.00 bits per heavy atom. The third-order valence-corrected chi connectivity index (χ3v) is 6.97. The fraction of sp³-hybridized carbons (Fsp3) is 0.444. The molecule has 9 nitrogen and oxygen atoms in total. The van der Waals surface area contributed by atoms with E-state index in [4.69, 9.17) is 4.74 Å². The van der Waals surface area contributed by atoms with Crippen LogP contribution in [0, 0.1) is 0 Å². The summed E-state index contributed by atoms with van der Waals surface area (Å²) in [6.07, 6.45) is 4.73. The molecule has 2 aromatic heterocycles. The van der Waals surface area contributed by atoms with Crippen LogP contribution in [0.25, 0.3) is 22.0 Å². The summed E-state index contributed by atoms with van der Waals surface area (Å²) in [6.45, 7) is 1.39. The molecule has 0 atom stereocenters. The molecule has 0 bridgehead atoms. The summed E-state index contributed by atoms with van der Waals surface area (Å²) in [5.74, 6) is 0.930. The van der Waals surface area contributed by atoms with E-state index in [-0.39, 0.29) is 0 Å². The summed E-state index contributed by atoms with van der Waals surface area (Å²) >= 11 is 0. The number of benzene rings is 1. The number of rotatable bonds is 5. The highest BCUT2D eigenvalue weighted by Crippen LogP contribution is 2.40. The summed E-state index contributed by atoms with van der Waals surface area (Å²) in [7, 11) is 1.65. The lowest BCUT2D eigenvalue weighted by Gasteiger charge is -2.23. The van der Waals surface area contributed by atoms with Crippen LogP contribution in [0.2, 0.25) is 0 Å². The van der Waals surface area contributed by atoms with E-state index in [1.54, 1.807) is 35.9 Å². The van der Waals surface area contributed by atoms with E-state index in [1.807, 2.05) is 19.2 Å². The van der Waals surface area contributed by atoms with E-state index >= 15 is 0 Å². The van der Waals surface area contributed by atoms with Crippen LogP contribution in [-0.4, -0.2) is 53.4 Å². The van der Waals surface area contributed by atoms with Gasteiger partial charge in [0.25, 0.3) is 0 Å². The van der Waals surface area contributed by atoms with Gasteiger partial charge in [0, 0.05) is 25.7 Å². The number of piperidine rings is 1. The topological polar surface area (TPSA) is 103 Å². The van der Waals surface area contributed by atoms with Gasteiger partial charge in [0.2, 0.25) is 10.0 Å². The van der Waals surface area contributed by atoms with E-state index in [2.05, 4.69) is 20.2 Å². The van der Waals surface area contributed by atoms with Gasteiger partial charge < -0.3 is 10.1 Å². The van der Waals surface area contributed by atoms with Gasteiger partial charge in [-0.1, -0.05) is 0 Å². The summed E-state index contributed by atoms with van der Waals surface area (Å²) in [4.78, 5) is 0. The Balaban J connectivity index is 1.83. The Morgan fingerprint density at radius 3 is 2.71 bits per heavy atom. The number of nitrogens with zero attached hydrogens (tertiary/aromatic N) is 4. The fourth-order valence-corrected chi connectivity index (χ4v) is 5.19. The van der Waals surface area contributed by atoms with E-state index in [0.717, 1.165) is 16.5 Å². The summed E-state index contributed by atoms with van der Waals surface area (Å²) in [5, 5.41) is 12.4. The first-order chi connectivity index (χ1) is 13.4. The average molecular weight is 404 g/mol. The fourth-order valence-electron chi connectivity index (χ4n) is 3.75. The second kappa shape index (κ2) is 7.10. The minimum Gasteiger partial charge on any atom is -0.496 e. The van der Waals surface area contributed by atoms with Crippen LogP contribution in [0.3, 0.4) is 0 Å². The van der Waals surface area contributed by atoms with Crippen molar-refractivity contribution in [2.75, 3.05) is 24.9 Å². The van der Waals surface area contributed by atoms with Gasteiger partial charge in [0.15, 0.2) is 5.82 Å². The molecule has 3 aromatic rings. The predicted molar refractivity (Wildman–Crippen MR) is 108 cm³/mol. The van der Waals surface area contributed by atoms with E-state index in [0.29, 0.717) is 43.1 Å². The highest BCUT2D eigenvalue weighted by molar-refractivity contribution is 7.93. The number of hydrogen-bond acceptors (Lipinski definition) is 6. The van der Waals surface area contributed by atoms with E-state index in [1.165, 1.54) is 0 Å². The largest absolute Gasteiger partial charge is 0.496 e. The SMILES string of the molecule is COc1ccc2cnn(C)c2c1-c1cn(C)nc1NS(=O)(=O)C1CCNCC1. The zero-order valence-electron chi connectivity index (χ0n) is 16.1. The number of nitrogens with one attached hydrogen (secondary N) is 2. The standard InChI is InChI=1S/C18H24N6O3S/c1-23-11-14(16-15(27-3)5-4-12-10-20-24(2)17(12)16)18(21-23)22-28(25,26)13-6-8-19-9-7-13/h4-5,10-11,13,19H,6-9H2,1-3H3,(H,21,22). The smallest absolute Gasteiger partial charge is 0.236 e. The molecule has 1 aromatic carbocycles. The normalized spacial score (nSPS) is 15.8. The summed E-state index contributed by atoms with van der Waals surface area (Å²) in [5.41, 5.74) is 2.27. The second-order valence-electron chi connectivity index (χ2n) is 7.01. The Hall–Kier alpha value is -2.59. The molecule has 150 valence electrons. The van der Waals surface area contributed by atoms with Gasteiger partial charge in [0.1, 0.15) is 5.75 Å². The second-order valence-corrected chi connectivity index (χ2v) is 8.97. The van der Waals surface area contributed by atoms with Gasteiger partial charge in [0.05, 0.1) is 35.2 Å². The van der Waals surface area contributed by atoms with Crippen molar-refractivity contribution in [2.45, 2.75) is 18.1 Å². The van der Waals surface area contributed by atoms with Crippen LogP contribution in [0.1, 0.15) is 12.8 Å². The van der Waals surface area contributed by atoms with Crippen LogP contribution in [0.4, 0.5) is 5.82 Å². The molecule has 1 saturated heterocycles. The third-order valence-electron chi connectivity index (χ3n) is 5.15. The molecule has 0 saturated carbocycles. The minimum atomic E-state index is -3.55. The molecule has 1 fully saturated rings. The van der Waals surface area contributed by atoms with Crippen LogP contribution < -0.4 is 14.8 Å². The maximum Gasteiger partial charge on any atom is 0.236 e. The van der Waals surface area contributed by atoms with Crippen molar-refractivity contribution in [1.82, 2.24) is 24.9 Å². The molecule has 0 radical (unpaired) electrons. The lowest BCUT2D eigenvalue weighted by atomic mass is 10.0. The highest BCUT2D eigenvalue weighted by atomic mass is 32.2. The first-order valence-corrected chi connectivity index (χ1v) is 10.7. The Bertz CT molecular complexity index is 1110. The van der Waals surface area contributed by atoms with Crippen molar-refractivity contribution in [3.63, 3.8) is 0 Å². The molecule has 2 N–H and O–H groups in total. The molecule has 0 spiro atoms. The van der Waals surface area contributed by atoms with E-state index in [9.17, 15) is 8.42 Å². The minimum absolute atomic E-state index is 0.299. The van der Waals surface area contributed by atoms with Crippen LogP contribution in [-0.2, 0) is 24.1 Å². The van der Waals surface area contributed by atoms with Gasteiger partial charge >= 0.3 is 0 Å². The molecule has 10 heteroatoms. The molecule has 1 aliphatic heterocycles. The number of anilines is 1. The van der Waals surface area contributed by atoms with Crippen molar-refractivity contribution < 1.29 is 13.2 Å². The number of methoxy groups -OCH3 is 1.